The number of hydrogen-bond acceptors (Lipinski definition) is 2. The SMILES string of the molecule is CC(C)C(N)CCN(C)Cc1ccc(Br)c(Br)c1. The summed E-state index contributed by atoms with van der Waals surface area (Å²) in [6.45, 7) is 6.34. The Kier molecular flexibility index (Phi) is 6.85. The van der Waals surface area contributed by atoms with Gasteiger partial charge in [-0.05, 0) is 75.5 Å². The largest absolute Gasteiger partial charge is 0.327 e. The van der Waals surface area contributed by atoms with Crippen molar-refractivity contribution in [1.82, 2.24) is 4.90 Å². The summed E-state index contributed by atoms with van der Waals surface area (Å²) in [4.78, 5) is 2.32. The number of rotatable bonds is 6. The first-order valence-corrected chi connectivity index (χ1v) is 7.86. The van der Waals surface area contributed by atoms with Crippen LogP contribution in [0.25, 0.3) is 0 Å². The Morgan fingerprint density at radius 1 is 1.22 bits per heavy atom. The molecule has 0 aliphatic heterocycles. The van der Waals surface area contributed by atoms with Crippen LogP contribution in [0.1, 0.15) is 25.8 Å². The lowest BCUT2D eigenvalue weighted by molar-refractivity contribution is 0.296. The lowest BCUT2D eigenvalue weighted by atomic mass is 10.0. The summed E-state index contributed by atoms with van der Waals surface area (Å²) in [5, 5.41) is 0. The molecule has 0 amide bonds. The van der Waals surface area contributed by atoms with Crippen LogP contribution in [0.5, 0.6) is 0 Å². The Labute approximate surface area is 127 Å². The van der Waals surface area contributed by atoms with Crippen LogP contribution in [-0.2, 0) is 6.54 Å². The van der Waals surface area contributed by atoms with Crippen LogP contribution in [0.4, 0.5) is 0 Å². The highest BCUT2D eigenvalue weighted by Gasteiger charge is 2.09. The van der Waals surface area contributed by atoms with E-state index in [0.717, 1.165) is 28.5 Å². The zero-order valence-corrected chi connectivity index (χ0v) is 14.5. The summed E-state index contributed by atoms with van der Waals surface area (Å²) in [5.74, 6) is 0.556. The van der Waals surface area contributed by atoms with Crippen LogP contribution in [0.15, 0.2) is 27.1 Å². The van der Waals surface area contributed by atoms with Crippen molar-refractivity contribution < 1.29 is 0 Å². The summed E-state index contributed by atoms with van der Waals surface area (Å²) in [7, 11) is 2.14. The van der Waals surface area contributed by atoms with Crippen molar-refractivity contribution in [2.75, 3.05) is 13.6 Å². The van der Waals surface area contributed by atoms with Crippen LogP contribution in [0.2, 0.25) is 0 Å². The van der Waals surface area contributed by atoms with Gasteiger partial charge in [0, 0.05) is 21.5 Å². The first-order valence-electron chi connectivity index (χ1n) is 6.28. The zero-order chi connectivity index (χ0) is 13.7. The average Bonchev–Trinajstić information content (AvgIpc) is 2.30. The van der Waals surface area contributed by atoms with E-state index in [1.54, 1.807) is 0 Å². The third-order valence-electron chi connectivity index (χ3n) is 3.14. The first-order chi connectivity index (χ1) is 8.40. The van der Waals surface area contributed by atoms with E-state index in [4.69, 9.17) is 5.73 Å². The van der Waals surface area contributed by atoms with Gasteiger partial charge in [-0.2, -0.15) is 0 Å². The lowest BCUT2D eigenvalue weighted by Gasteiger charge is -2.21. The molecule has 4 heteroatoms. The third-order valence-corrected chi connectivity index (χ3v) is 5.02. The second-order valence-corrected chi connectivity index (χ2v) is 6.89. The lowest BCUT2D eigenvalue weighted by Crippen LogP contribution is -2.31. The highest BCUT2D eigenvalue weighted by atomic mass is 79.9. The molecule has 1 atom stereocenters. The molecule has 0 saturated carbocycles. The third kappa shape index (κ3) is 5.39. The Balaban J connectivity index is 2.44. The van der Waals surface area contributed by atoms with Crippen LogP contribution in [0, 0.1) is 5.92 Å². The normalized spacial score (nSPS) is 13.3. The van der Waals surface area contributed by atoms with Crippen molar-refractivity contribution in [3.05, 3.63) is 32.7 Å². The molecule has 2 N–H and O–H groups in total. The molecule has 0 bridgehead atoms. The van der Waals surface area contributed by atoms with E-state index >= 15 is 0 Å². The summed E-state index contributed by atoms with van der Waals surface area (Å²) < 4.78 is 2.20. The molecule has 0 spiro atoms. The Hall–Kier alpha value is 0.1000. The van der Waals surface area contributed by atoms with Crippen LogP contribution in [0.3, 0.4) is 0 Å². The Morgan fingerprint density at radius 2 is 1.89 bits per heavy atom. The number of nitrogens with two attached hydrogens (primary N) is 1. The van der Waals surface area contributed by atoms with Crippen molar-refractivity contribution >= 4 is 31.9 Å². The van der Waals surface area contributed by atoms with Crippen molar-refractivity contribution in [1.29, 1.82) is 0 Å². The molecular weight excluding hydrogens is 356 g/mol. The summed E-state index contributed by atoms with van der Waals surface area (Å²) in [6, 6.07) is 6.67. The van der Waals surface area contributed by atoms with Gasteiger partial charge in [0.15, 0.2) is 0 Å². The maximum atomic E-state index is 6.06. The van der Waals surface area contributed by atoms with E-state index in [1.807, 2.05) is 0 Å². The minimum absolute atomic E-state index is 0.295. The van der Waals surface area contributed by atoms with E-state index in [0.29, 0.717) is 12.0 Å². The highest BCUT2D eigenvalue weighted by Crippen LogP contribution is 2.24. The van der Waals surface area contributed by atoms with Gasteiger partial charge in [0.25, 0.3) is 0 Å². The average molecular weight is 378 g/mol. The molecule has 0 radical (unpaired) electrons. The van der Waals surface area contributed by atoms with E-state index < -0.39 is 0 Å². The van der Waals surface area contributed by atoms with Crippen molar-refractivity contribution in [2.24, 2.45) is 11.7 Å². The Morgan fingerprint density at radius 3 is 2.44 bits per heavy atom. The summed E-state index contributed by atoms with van der Waals surface area (Å²) in [5.41, 5.74) is 7.37. The van der Waals surface area contributed by atoms with E-state index in [9.17, 15) is 0 Å². The molecule has 0 aliphatic carbocycles. The second kappa shape index (κ2) is 7.63. The maximum Gasteiger partial charge on any atom is 0.0320 e. The molecule has 1 rings (SSSR count). The molecule has 0 aromatic heterocycles. The molecule has 0 heterocycles. The molecular formula is C14H22Br2N2. The highest BCUT2D eigenvalue weighted by molar-refractivity contribution is 9.13. The van der Waals surface area contributed by atoms with Gasteiger partial charge < -0.3 is 10.6 Å². The molecule has 0 aliphatic rings. The zero-order valence-electron chi connectivity index (χ0n) is 11.3. The van der Waals surface area contributed by atoms with Gasteiger partial charge in [0.05, 0.1) is 0 Å². The molecule has 18 heavy (non-hydrogen) atoms. The van der Waals surface area contributed by atoms with Crippen LogP contribution < -0.4 is 5.73 Å². The number of benzene rings is 1. The van der Waals surface area contributed by atoms with Gasteiger partial charge in [-0.25, -0.2) is 0 Å². The molecule has 1 aromatic rings. The smallest absolute Gasteiger partial charge is 0.0320 e. The molecule has 1 aromatic carbocycles. The van der Waals surface area contributed by atoms with Gasteiger partial charge in [-0.3, -0.25) is 0 Å². The fraction of sp³-hybridized carbons (Fsp3) is 0.571. The first kappa shape index (κ1) is 16.2. The topological polar surface area (TPSA) is 29.3 Å². The van der Waals surface area contributed by atoms with E-state index in [1.165, 1.54) is 5.56 Å². The standard InChI is InChI=1S/C14H22Br2N2/c1-10(2)14(17)6-7-18(3)9-11-4-5-12(15)13(16)8-11/h4-5,8,10,14H,6-7,9,17H2,1-3H3. The number of hydrogen-bond donors (Lipinski definition) is 1. The molecule has 0 saturated heterocycles. The number of nitrogens with zero attached hydrogens (tertiary/aromatic N) is 1. The fourth-order valence-electron chi connectivity index (χ4n) is 1.73. The molecule has 0 fully saturated rings. The minimum Gasteiger partial charge on any atom is -0.327 e. The van der Waals surface area contributed by atoms with Gasteiger partial charge in [0.2, 0.25) is 0 Å². The minimum atomic E-state index is 0.295. The van der Waals surface area contributed by atoms with Crippen LogP contribution >= 0.6 is 31.9 Å². The summed E-state index contributed by atoms with van der Waals surface area (Å²) >= 11 is 7.02. The van der Waals surface area contributed by atoms with Crippen molar-refractivity contribution in [3.8, 4) is 0 Å². The number of halogens is 2. The van der Waals surface area contributed by atoms with Crippen molar-refractivity contribution in [2.45, 2.75) is 32.9 Å². The van der Waals surface area contributed by atoms with E-state index in [2.05, 4.69) is 75.9 Å². The molecule has 2 nitrogen and oxygen atoms in total. The van der Waals surface area contributed by atoms with Crippen molar-refractivity contribution in [3.63, 3.8) is 0 Å². The van der Waals surface area contributed by atoms with Crippen LogP contribution in [-0.4, -0.2) is 24.5 Å². The van der Waals surface area contributed by atoms with Gasteiger partial charge in [-0.15, -0.1) is 0 Å². The van der Waals surface area contributed by atoms with E-state index in [-0.39, 0.29) is 0 Å². The second-order valence-electron chi connectivity index (χ2n) is 5.18. The quantitative estimate of drug-likeness (QED) is 0.811. The maximum absolute atomic E-state index is 6.06. The summed E-state index contributed by atoms with van der Waals surface area (Å²) in [6.07, 6.45) is 1.05. The molecule has 1 unspecified atom stereocenters. The monoisotopic (exact) mass is 376 g/mol. The van der Waals surface area contributed by atoms with Gasteiger partial charge >= 0.3 is 0 Å². The fourth-order valence-corrected chi connectivity index (χ4v) is 2.40. The predicted molar refractivity (Wildman–Crippen MR) is 85.6 cm³/mol. The molecule has 102 valence electrons. The van der Waals surface area contributed by atoms with Gasteiger partial charge in [0.1, 0.15) is 0 Å². The predicted octanol–water partition coefficient (Wildman–Crippen LogP) is 4.02. The van der Waals surface area contributed by atoms with Gasteiger partial charge in [-0.1, -0.05) is 19.9 Å². The Bertz CT molecular complexity index is 380.